The maximum atomic E-state index is 5.32. The highest BCUT2D eigenvalue weighted by Crippen LogP contribution is 2.14. The predicted octanol–water partition coefficient (Wildman–Crippen LogP) is 2.68. The maximum absolute atomic E-state index is 5.32. The molecule has 1 atom stereocenters. The maximum Gasteiger partial charge on any atom is 0.110 e. The van der Waals surface area contributed by atoms with Crippen LogP contribution in [-0.4, -0.2) is 15.6 Å². The van der Waals surface area contributed by atoms with Crippen molar-refractivity contribution in [1.82, 2.24) is 14.9 Å². The number of hydrogen-bond acceptors (Lipinski definition) is 2. The topological polar surface area (TPSA) is 29.9 Å². The number of rotatable bonds is 5. The van der Waals surface area contributed by atoms with Gasteiger partial charge in [-0.25, -0.2) is 4.98 Å². The van der Waals surface area contributed by atoms with E-state index in [4.69, 9.17) is 6.42 Å². The molecule has 1 aromatic heterocycles. The van der Waals surface area contributed by atoms with Gasteiger partial charge in [0.2, 0.25) is 0 Å². The van der Waals surface area contributed by atoms with E-state index in [0.29, 0.717) is 6.04 Å². The van der Waals surface area contributed by atoms with Gasteiger partial charge in [-0.15, -0.1) is 12.3 Å². The molecular formula is C16H19N3. The Labute approximate surface area is 114 Å². The van der Waals surface area contributed by atoms with Crippen LogP contribution in [0.2, 0.25) is 0 Å². The zero-order chi connectivity index (χ0) is 13.7. The Morgan fingerprint density at radius 3 is 2.79 bits per heavy atom. The van der Waals surface area contributed by atoms with Gasteiger partial charge in [-0.1, -0.05) is 18.2 Å². The molecule has 0 aliphatic carbocycles. The Balaban J connectivity index is 2.17. The van der Waals surface area contributed by atoms with E-state index in [1.54, 1.807) is 0 Å². The first-order valence-corrected chi connectivity index (χ1v) is 6.48. The lowest BCUT2D eigenvalue weighted by Crippen LogP contribution is -2.26. The normalized spacial score (nSPS) is 12.1. The largest absolute Gasteiger partial charge is 0.308 e. The van der Waals surface area contributed by atoms with Gasteiger partial charge >= 0.3 is 0 Å². The third-order valence-corrected chi connectivity index (χ3v) is 3.08. The Bertz CT molecular complexity index is 563. The average Bonchev–Trinajstić information content (AvgIpc) is 2.79. The van der Waals surface area contributed by atoms with Gasteiger partial charge in [0.25, 0.3) is 0 Å². The average molecular weight is 253 g/mol. The molecule has 1 heterocycles. The predicted molar refractivity (Wildman–Crippen MR) is 78.1 cm³/mol. The van der Waals surface area contributed by atoms with E-state index < -0.39 is 0 Å². The SMILES string of the molecule is C#CCC(C)NCc1cnc(C)n1-c1ccccc1. The number of aryl methyl sites for hydroxylation is 1. The van der Waals surface area contributed by atoms with Gasteiger partial charge in [0, 0.05) is 24.7 Å². The van der Waals surface area contributed by atoms with Gasteiger partial charge in [0.15, 0.2) is 0 Å². The van der Waals surface area contributed by atoms with Crippen LogP contribution < -0.4 is 5.32 Å². The van der Waals surface area contributed by atoms with Crippen molar-refractivity contribution in [1.29, 1.82) is 0 Å². The molecule has 3 nitrogen and oxygen atoms in total. The Kier molecular flexibility index (Phi) is 4.38. The van der Waals surface area contributed by atoms with Gasteiger partial charge in [0.05, 0.1) is 11.9 Å². The Hall–Kier alpha value is -2.05. The van der Waals surface area contributed by atoms with Crippen LogP contribution in [0.4, 0.5) is 0 Å². The van der Waals surface area contributed by atoms with Crippen molar-refractivity contribution < 1.29 is 0 Å². The van der Waals surface area contributed by atoms with E-state index >= 15 is 0 Å². The van der Waals surface area contributed by atoms with Crippen LogP contribution in [0.15, 0.2) is 36.5 Å². The van der Waals surface area contributed by atoms with Gasteiger partial charge in [-0.05, 0) is 26.0 Å². The minimum absolute atomic E-state index is 0.310. The van der Waals surface area contributed by atoms with Crippen LogP contribution in [0.3, 0.4) is 0 Å². The van der Waals surface area contributed by atoms with E-state index in [1.165, 1.54) is 0 Å². The van der Waals surface area contributed by atoms with Crippen LogP contribution >= 0.6 is 0 Å². The van der Waals surface area contributed by atoms with Crippen LogP contribution in [-0.2, 0) is 6.54 Å². The molecule has 3 heteroatoms. The van der Waals surface area contributed by atoms with E-state index in [0.717, 1.165) is 30.2 Å². The molecule has 0 radical (unpaired) electrons. The van der Waals surface area contributed by atoms with E-state index in [9.17, 15) is 0 Å². The third-order valence-electron chi connectivity index (χ3n) is 3.08. The molecule has 0 saturated carbocycles. The molecule has 0 spiro atoms. The molecule has 0 fully saturated rings. The molecule has 19 heavy (non-hydrogen) atoms. The van der Waals surface area contributed by atoms with Gasteiger partial charge in [0.1, 0.15) is 5.82 Å². The standard InChI is InChI=1S/C16H19N3/c1-4-8-13(2)17-11-16-12-18-14(3)19(16)15-9-6-5-7-10-15/h1,5-7,9-10,12-13,17H,8,11H2,2-3H3. The van der Waals surface area contributed by atoms with Crippen LogP contribution in [0.25, 0.3) is 5.69 Å². The van der Waals surface area contributed by atoms with Crippen molar-refractivity contribution in [2.24, 2.45) is 0 Å². The number of aromatic nitrogens is 2. The number of terminal acetylenes is 1. The summed E-state index contributed by atoms with van der Waals surface area (Å²) < 4.78 is 2.16. The molecule has 1 aromatic carbocycles. The second-order valence-corrected chi connectivity index (χ2v) is 4.66. The molecule has 0 amide bonds. The number of para-hydroxylation sites is 1. The fourth-order valence-electron chi connectivity index (χ4n) is 2.07. The summed E-state index contributed by atoms with van der Waals surface area (Å²) in [5.74, 6) is 3.66. The summed E-state index contributed by atoms with van der Waals surface area (Å²) in [6, 6.07) is 10.6. The smallest absolute Gasteiger partial charge is 0.110 e. The molecular weight excluding hydrogens is 234 g/mol. The highest BCUT2D eigenvalue weighted by atomic mass is 15.1. The second-order valence-electron chi connectivity index (χ2n) is 4.66. The Morgan fingerprint density at radius 1 is 1.37 bits per heavy atom. The first-order valence-electron chi connectivity index (χ1n) is 6.48. The molecule has 0 bridgehead atoms. The van der Waals surface area contributed by atoms with Crippen molar-refractivity contribution in [2.45, 2.75) is 32.9 Å². The summed E-state index contributed by atoms with van der Waals surface area (Å²) in [6.07, 6.45) is 7.97. The van der Waals surface area contributed by atoms with Gasteiger partial charge < -0.3 is 5.32 Å². The quantitative estimate of drug-likeness (QED) is 0.830. The number of nitrogens with zero attached hydrogens (tertiary/aromatic N) is 2. The number of benzene rings is 1. The van der Waals surface area contributed by atoms with Gasteiger partial charge in [-0.3, -0.25) is 4.57 Å². The van der Waals surface area contributed by atoms with Crippen LogP contribution in [0, 0.1) is 19.3 Å². The zero-order valence-electron chi connectivity index (χ0n) is 11.4. The molecule has 0 aliphatic rings. The first-order chi connectivity index (χ1) is 9.22. The fourth-order valence-corrected chi connectivity index (χ4v) is 2.07. The van der Waals surface area contributed by atoms with Gasteiger partial charge in [-0.2, -0.15) is 0 Å². The Morgan fingerprint density at radius 2 is 2.11 bits per heavy atom. The summed E-state index contributed by atoms with van der Waals surface area (Å²) in [4.78, 5) is 4.40. The van der Waals surface area contributed by atoms with Crippen LogP contribution in [0.5, 0.6) is 0 Å². The summed E-state index contributed by atoms with van der Waals surface area (Å²) >= 11 is 0. The highest BCUT2D eigenvalue weighted by Gasteiger charge is 2.09. The molecule has 0 saturated heterocycles. The number of nitrogens with one attached hydrogen (secondary N) is 1. The van der Waals surface area contributed by atoms with Crippen molar-refractivity contribution in [3.8, 4) is 18.0 Å². The summed E-state index contributed by atoms with van der Waals surface area (Å²) in [7, 11) is 0. The van der Waals surface area contributed by atoms with Crippen molar-refractivity contribution in [3.63, 3.8) is 0 Å². The molecule has 2 rings (SSSR count). The van der Waals surface area contributed by atoms with E-state index in [2.05, 4.69) is 39.8 Å². The van der Waals surface area contributed by atoms with Crippen LogP contribution in [0.1, 0.15) is 24.9 Å². The molecule has 0 aliphatic heterocycles. The van der Waals surface area contributed by atoms with E-state index in [1.807, 2.05) is 31.3 Å². The third kappa shape index (κ3) is 3.24. The zero-order valence-corrected chi connectivity index (χ0v) is 11.4. The highest BCUT2D eigenvalue weighted by molar-refractivity contribution is 5.35. The summed E-state index contributed by atoms with van der Waals surface area (Å²) in [6.45, 7) is 4.87. The van der Waals surface area contributed by atoms with Crippen molar-refractivity contribution in [3.05, 3.63) is 48.0 Å². The van der Waals surface area contributed by atoms with Crippen molar-refractivity contribution >= 4 is 0 Å². The molecule has 98 valence electrons. The lowest BCUT2D eigenvalue weighted by Gasteiger charge is -2.13. The van der Waals surface area contributed by atoms with E-state index in [-0.39, 0.29) is 0 Å². The second kappa shape index (κ2) is 6.21. The molecule has 2 aromatic rings. The first kappa shape index (κ1) is 13.4. The van der Waals surface area contributed by atoms with Crippen molar-refractivity contribution in [2.75, 3.05) is 0 Å². The summed E-state index contributed by atoms with van der Waals surface area (Å²) in [5, 5.41) is 3.42. The lowest BCUT2D eigenvalue weighted by atomic mass is 10.2. The monoisotopic (exact) mass is 253 g/mol. The molecule has 1 unspecified atom stereocenters. The summed E-state index contributed by atoms with van der Waals surface area (Å²) in [5.41, 5.74) is 2.28. The molecule has 1 N–H and O–H groups in total. The minimum Gasteiger partial charge on any atom is -0.308 e. The fraction of sp³-hybridized carbons (Fsp3) is 0.312. The number of imidazole rings is 1. The number of hydrogen-bond donors (Lipinski definition) is 1. The minimum atomic E-state index is 0.310. The lowest BCUT2D eigenvalue weighted by molar-refractivity contribution is 0.549.